The van der Waals surface area contributed by atoms with Gasteiger partial charge in [-0.15, -0.1) is 0 Å². The lowest BCUT2D eigenvalue weighted by atomic mass is 9.64. The van der Waals surface area contributed by atoms with E-state index in [1.807, 2.05) is 0 Å². The van der Waals surface area contributed by atoms with Crippen LogP contribution < -0.4 is 0 Å². The molecule has 0 saturated heterocycles. The molecule has 2 aliphatic carbocycles. The summed E-state index contributed by atoms with van der Waals surface area (Å²) < 4.78 is 0. The van der Waals surface area contributed by atoms with Gasteiger partial charge in [0.1, 0.15) is 0 Å². The van der Waals surface area contributed by atoms with Crippen molar-refractivity contribution in [1.82, 2.24) is 0 Å². The van der Waals surface area contributed by atoms with E-state index in [0.29, 0.717) is 5.82 Å². The zero-order valence-electron chi connectivity index (χ0n) is 10.0. The molecule has 2 aliphatic rings. The second-order valence-corrected chi connectivity index (χ2v) is 5.57. The highest BCUT2D eigenvalue weighted by Gasteiger charge is 2.25. The Bertz CT molecular complexity index is 223. The molecule has 1 heteroatoms. The molecule has 0 bridgehead atoms. The molecule has 0 nitrogen and oxygen atoms in total. The van der Waals surface area contributed by atoms with E-state index in [9.17, 15) is 0 Å². The summed E-state index contributed by atoms with van der Waals surface area (Å²) in [5.41, 5.74) is 1.57. The quantitative estimate of drug-likeness (QED) is 0.463. The lowest BCUT2D eigenvalue weighted by Gasteiger charge is -2.33. The second-order valence-electron chi connectivity index (χ2n) is 5.57. The minimum atomic E-state index is 0.387. The van der Waals surface area contributed by atoms with Crippen molar-refractivity contribution < 1.29 is 0 Å². The van der Waals surface area contributed by atoms with Gasteiger partial charge in [0.05, 0.1) is 7.85 Å². The van der Waals surface area contributed by atoms with Crippen molar-refractivity contribution in [3.63, 3.8) is 0 Å². The average molecular weight is 202 g/mol. The van der Waals surface area contributed by atoms with Crippen LogP contribution in [0, 0.1) is 11.8 Å². The fourth-order valence-corrected chi connectivity index (χ4v) is 3.11. The Balaban J connectivity index is 1.89. The van der Waals surface area contributed by atoms with Crippen molar-refractivity contribution in [2.75, 3.05) is 0 Å². The average Bonchev–Trinajstić information content (AvgIpc) is 2.30. The van der Waals surface area contributed by atoms with Gasteiger partial charge in [0, 0.05) is 0 Å². The largest absolute Gasteiger partial charge is 0.0858 e. The number of hydrogen-bond donors (Lipinski definition) is 0. The fraction of sp³-hybridized carbons (Fsp3) is 0.857. The zero-order chi connectivity index (χ0) is 10.7. The SMILES string of the molecule is [B]C(C1=CCCCC1)C1CCC(C)CC1. The van der Waals surface area contributed by atoms with Crippen LogP contribution in [0.15, 0.2) is 11.6 Å². The molecule has 0 aliphatic heterocycles. The van der Waals surface area contributed by atoms with Crippen LogP contribution in [0.25, 0.3) is 0 Å². The number of hydrogen-bond acceptors (Lipinski definition) is 0. The summed E-state index contributed by atoms with van der Waals surface area (Å²) >= 11 is 0. The van der Waals surface area contributed by atoms with Crippen molar-refractivity contribution in [1.29, 1.82) is 0 Å². The summed E-state index contributed by atoms with van der Waals surface area (Å²) in [6.07, 6.45) is 13.2. The standard InChI is InChI=1S/C14H23B/c1-11-7-9-13(10-8-11)14(15)12-5-3-2-4-6-12/h5,11,13-14H,2-4,6-10H2,1H3. The van der Waals surface area contributed by atoms with Crippen molar-refractivity contribution in [2.24, 2.45) is 11.8 Å². The molecule has 1 saturated carbocycles. The van der Waals surface area contributed by atoms with E-state index in [1.54, 1.807) is 5.57 Å². The third-order valence-corrected chi connectivity index (χ3v) is 4.32. The Morgan fingerprint density at radius 3 is 2.53 bits per heavy atom. The van der Waals surface area contributed by atoms with Crippen molar-refractivity contribution in [2.45, 2.75) is 64.1 Å². The molecule has 1 unspecified atom stereocenters. The molecular weight excluding hydrogens is 179 g/mol. The molecule has 0 aromatic rings. The van der Waals surface area contributed by atoms with Gasteiger partial charge in [-0.1, -0.05) is 50.1 Å². The maximum Gasteiger partial charge on any atom is 0.0762 e. The smallest absolute Gasteiger partial charge is 0.0762 e. The first kappa shape index (κ1) is 11.3. The van der Waals surface area contributed by atoms with E-state index in [1.165, 1.54) is 51.4 Å². The molecule has 2 radical (unpaired) electrons. The highest BCUT2D eigenvalue weighted by atomic mass is 14.3. The zero-order valence-corrected chi connectivity index (χ0v) is 10.0. The van der Waals surface area contributed by atoms with E-state index in [4.69, 9.17) is 7.85 Å². The summed E-state index contributed by atoms with van der Waals surface area (Å²) in [6, 6.07) is 0. The number of rotatable bonds is 2. The lowest BCUT2D eigenvalue weighted by Crippen LogP contribution is -2.19. The summed E-state index contributed by atoms with van der Waals surface area (Å²) in [5.74, 6) is 2.11. The predicted molar refractivity (Wildman–Crippen MR) is 67.2 cm³/mol. The highest BCUT2D eigenvalue weighted by Crippen LogP contribution is 2.40. The molecule has 82 valence electrons. The van der Waals surface area contributed by atoms with Crippen LogP contribution in [-0.4, -0.2) is 7.85 Å². The van der Waals surface area contributed by atoms with E-state index in [-0.39, 0.29) is 0 Å². The number of allylic oxidation sites excluding steroid dienone is 2. The van der Waals surface area contributed by atoms with Crippen LogP contribution in [-0.2, 0) is 0 Å². The van der Waals surface area contributed by atoms with Gasteiger partial charge in [-0.25, -0.2) is 0 Å². The first-order valence-electron chi connectivity index (χ1n) is 6.72. The van der Waals surface area contributed by atoms with Crippen LogP contribution in [0.1, 0.15) is 58.3 Å². The van der Waals surface area contributed by atoms with Crippen molar-refractivity contribution in [3.8, 4) is 0 Å². The lowest BCUT2D eigenvalue weighted by molar-refractivity contribution is 0.286. The van der Waals surface area contributed by atoms with Gasteiger partial charge in [-0.3, -0.25) is 0 Å². The molecule has 0 spiro atoms. The Hall–Kier alpha value is -0.195. The summed E-state index contributed by atoms with van der Waals surface area (Å²) in [7, 11) is 6.40. The molecule has 2 rings (SSSR count). The fourth-order valence-electron chi connectivity index (χ4n) is 3.11. The van der Waals surface area contributed by atoms with Gasteiger partial charge >= 0.3 is 0 Å². The van der Waals surface area contributed by atoms with Gasteiger partial charge < -0.3 is 0 Å². The Labute approximate surface area is 95.9 Å². The third-order valence-electron chi connectivity index (χ3n) is 4.32. The van der Waals surface area contributed by atoms with Crippen LogP contribution in [0.3, 0.4) is 0 Å². The van der Waals surface area contributed by atoms with E-state index < -0.39 is 0 Å². The predicted octanol–water partition coefficient (Wildman–Crippen LogP) is 4.27. The topological polar surface area (TPSA) is 0 Å². The summed E-state index contributed by atoms with van der Waals surface area (Å²) in [6.45, 7) is 2.38. The van der Waals surface area contributed by atoms with Crippen LogP contribution >= 0.6 is 0 Å². The molecule has 0 aromatic carbocycles. The minimum Gasteiger partial charge on any atom is -0.0858 e. The third kappa shape index (κ3) is 2.89. The monoisotopic (exact) mass is 202 g/mol. The van der Waals surface area contributed by atoms with E-state index in [0.717, 1.165) is 11.8 Å². The Morgan fingerprint density at radius 1 is 1.20 bits per heavy atom. The van der Waals surface area contributed by atoms with Gasteiger partial charge in [0.15, 0.2) is 0 Å². The summed E-state index contributed by atoms with van der Waals surface area (Å²) in [5, 5.41) is 0. The molecular formula is C14H23B. The second kappa shape index (κ2) is 5.23. The van der Waals surface area contributed by atoms with Gasteiger partial charge in [0.25, 0.3) is 0 Å². The van der Waals surface area contributed by atoms with E-state index >= 15 is 0 Å². The van der Waals surface area contributed by atoms with Crippen LogP contribution in [0.5, 0.6) is 0 Å². The molecule has 0 amide bonds. The molecule has 0 heterocycles. The maximum absolute atomic E-state index is 6.40. The van der Waals surface area contributed by atoms with Gasteiger partial charge in [-0.05, 0) is 37.5 Å². The van der Waals surface area contributed by atoms with Crippen molar-refractivity contribution in [3.05, 3.63) is 11.6 Å². The maximum atomic E-state index is 6.40. The first-order valence-corrected chi connectivity index (χ1v) is 6.72. The molecule has 1 atom stereocenters. The van der Waals surface area contributed by atoms with Gasteiger partial charge in [0.2, 0.25) is 0 Å². The summed E-state index contributed by atoms with van der Waals surface area (Å²) in [4.78, 5) is 0. The molecule has 0 aromatic heterocycles. The Kier molecular flexibility index (Phi) is 3.94. The van der Waals surface area contributed by atoms with Gasteiger partial charge in [-0.2, -0.15) is 0 Å². The molecule has 0 N–H and O–H groups in total. The Morgan fingerprint density at radius 2 is 1.93 bits per heavy atom. The van der Waals surface area contributed by atoms with Crippen molar-refractivity contribution >= 4 is 7.85 Å². The first-order chi connectivity index (χ1) is 7.27. The van der Waals surface area contributed by atoms with Crippen LogP contribution in [0.2, 0.25) is 5.82 Å². The molecule has 15 heavy (non-hydrogen) atoms. The minimum absolute atomic E-state index is 0.387. The highest BCUT2D eigenvalue weighted by molar-refractivity contribution is 6.13. The van der Waals surface area contributed by atoms with Crippen LogP contribution in [0.4, 0.5) is 0 Å². The molecule has 1 fully saturated rings. The normalized spacial score (nSPS) is 34.6. The van der Waals surface area contributed by atoms with E-state index in [2.05, 4.69) is 13.0 Å².